The molecule has 0 atom stereocenters. The molecule has 2 aromatic carbocycles. The van der Waals surface area contributed by atoms with E-state index in [1.165, 1.54) is 18.2 Å². The van der Waals surface area contributed by atoms with E-state index in [2.05, 4.69) is 0 Å². The Morgan fingerprint density at radius 2 is 1.83 bits per heavy atom. The van der Waals surface area contributed by atoms with E-state index in [1.807, 2.05) is 30.3 Å². The van der Waals surface area contributed by atoms with Gasteiger partial charge in [-0.25, -0.2) is 4.39 Å². The van der Waals surface area contributed by atoms with E-state index < -0.39 is 0 Å². The molecule has 0 fully saturated rings. The molecule has 0 amide bonds. The van der Waals surface area contributed by atoms with Crippen molar-refractivity contribution < 1.29 is 13.9 Å². The highest BCUT2D eigenvalue weighted by Crippen LogP contribution is 2.21. The molecular weight excluding hydrogens is 233 g/mol. The summed E-state index contributed by atoms with van der Waals surface area (Å²) in [6, 6.07) is 13.7. The molecule has 94 valence electrons. The Hall–Kier alpha value is -2.07. The Kier molecular flexibility index (Phi) is 4.15. The Balaban J connectivity index is 1.79. The smallest absolute Gasteiger partial charge is 0.189 e. The van der Waals surface area contributed by atoms with Crippen molar-refractivity contribution in [2.45, 2.75) is 6.61 Å². The van der Waals surface area contributed by atoms with Crippen molar-refractivity contribution in [1.82, 2.24) is 0 Å². The van der Waals surface area contributed by atoms with Crippen LogP contribution in [-0.2, 0) is 11.3 Å². The lowest BCUT2D eigenvalue weighted by Gasteiger charge is -2.09. The lowest BCUT2D eigenvalue weighted by Crippen LogP contribution is -2.04. The molecule has 0 aliphatic heterocycles. The van der Waals surface area contributed by atoms with Gasteiger partial charge < -0.3 is 15.2 Å². The van der Waals surface area contributed by atoms with E-state index in [0.29, 0.717) is 12.4 Å². The van der Waals surface area contributed by atoms with E-state index in [9.17, 15) is 4.39 Å². The third-order valence-corrected chi connectivity index (χ3v) is 2.38. The number of nitrogen functional groups attached to an aromatic ring is 1. The van der Waals surface area contributed by atoms with Gasteiger partial charge in [-0.3, -0.25) is 0 Å². The van der Waals surface area contributed by atoms with E-state index in [-0.39, 0.29) is 18.3 Å². The van der Waals surface area contributed by atoms with E-state index in [0.717, 1.165) is 5.56 Å². The normalized spacial score (nSPS) is 10.3. The third-order valence-electron chi connectivity index (χ3n) is 2.38. The highest BCUT2D eigenvalue weighted by Gasteiger charge is 2.01. The molecule has 18 heavy (non-hydrogen) atoms. The molecule has 0 heterocycles. The zero-order chi connectivity index (χ0) is 12.8. The minimum atomic E-state index is -0.384. The molecule has 0 aliphatic rings. The first-order valence-electron chi connectivity index (χ1n) is 5.55. The minimum absolute atomic E-state index is 0.0741. The number of hydrogen-bond donors (Lipinski definition) is 1. The highest BCUT2D eigenvalue weighted by atomic mass is 19.1. The SMILES string of the molecule is Nc1cc(F)ccc1OCOCc1ccccc1. The number of nitrogens with two attached hydrogens (primary N) is 1. The highest BCUT2D eigenvalue weighted by molar-refractivity contribution is 5.52. The molecule has 0 aromatic heterocycles. The number of ether oxygens (including phenoxy) is 2. The summed E-state index contributed by atoms with van der Waals surface area (Å²) in [7, 11) is 0. The van der Waals surface area contributed by atoms with Crippen LogP contribution in [0.15, 0.2) is 48.5 Å². The fraction of sp³-hybridized carbons (Fsp3) is 0.143. The van der Waals surface area contributed by atoms with Crippen LogP contribution in [-0.4, -0.2) is 6.79 Å². The minimum Gasteiger partial charge on any atom is -0.465 e. The average Bonchev–Trinajstić information content (AvgIpc) is 2.38. The Morgan fingerprint density at radius 3 is 2.56 bits per heavy atom. The Morgan fingerprint density at radius 1 is 1.06 bits per heavy atom. The second kappa shape index (κ2) is 6.02. The van der Waals surface area contributed by atoms with Crippen LogP contribution in [0.1, 0.15) is 5.56 Å². The second-order valence-electron chi connectivity index (χ2n) is 3.78. The molecule has 4 heteroatoms. The van der Waals surface area contributed by atoms with Gasteiger partial charge in [0.1, 0.15) is 11.6 Å². The van der Waals surface area contributed by atoms with Crippen LogP contribution in [0.5, 0.6) is 5.75 Å². The molecular formula is C14H14FNO2. The van der Waals surface area contributed by atoms with Gasteiger partial charge in [0.2, 0.25) is 0 Å². The van der Waals surface area contributed by atoms with Gasteiger partial charge in [-0.05, 0) is 17.7 Å². The largest absolute Gasteiger partial charge is 0.465 e. The standard InChI is InChI=1S/C14H14FNO2/c15-12-6-7-14(13(16)8-12)18-10-17-9-11-4-2-1-3-5-11/h1-8H,9-10,16H2. The fourth-order valence-corrected chi connectivity index (χ4v) is 1.49. The maximum Gasteiger partial charge on any atom is 0.189 e. The van der Waals surface area contributed by atoms with Gasteiger partial charge in [0.15, 0.2) is 6.79 Å². The van der Waals surface area contributed by atoms with Gasteiger partial charge >= 0.3 is 0 Å². The molecule has 3 nitrogen and oxygen atoms in total. The van der Waals surface area contributed by atoms with E-state index >= 15 is 0 Å². The van der Waals surface area contributed by atoms with Crippen molar-refractivity contribution in [2.24, 2.45) is 0 Å². The van der Waals surface area contributed by atoms with Crippen LogP contribution in [0.3, 0.4) is 0 Å². The van der Waals surface area contributed by atoms with E-state index in [4.69, 9.17) is 15.2 Å². The maximum atomic E-state index is 12.8. The number of benzene rings is 2. The molecule has 2 N–H and O–H groups in total. The van der Waals surface area contributed by atoms with Crippen molar-refractivity contribution in [1.29, 1.82) is 0 Å². The lowest BCUT2D eigenvalue weighted by atomic mass is 10.2. The second-order valence-corrected chi connectivity index (χ2v) is 3.78. The van der Waals surface area contributed by atoms with E-state index in [1.54, 1.807) is 0 Å². The summed E-state index contributed by atoms with van der Waals surface area (Å²) in [4.78, 5) is 0. The van der Waals surface area contributed by atoms with Gasteiger partial charge in [0.05, 0.1) is 12.3 Å². The third kappa shape index (κ3) is 3.46. The van der Waals surface area contributed by atoms with Crippen molar-refractivity contribution in [3.63, 3.8) is 0 Å². The van der Waals surface area contributed by atoms with Crippen molar-refractivity contribution in [2.75, 3.05) is 12.5 Å². The summed E-state index contributed by atoms with van der Waals surface area (Å²) in [6.45, 7) is 0.534. The van der Waals surface area contributed by atoms with Crippen LogP contribution >= 0.6 is 0 Å². The monoisotopic (exact) mass is 247 g/mol. The van der Waals surface area contributed by atoms with Crippen LogP contribution < -0.4 is 10.5 Å². The van der Waals surface area contributed by atoms with Crippen LogP contribution in [0, 0.1) is 5.82 Å². The summed E-state index contributed by atoms with van der Waals surface area (Å²) in [5, 5.41) is 0. The predicted octanol–water partition coefficient (Wildman–Crippen LogP) is 2.96. The summed E-state index contributed by atoms with van der Waals surface area (Å²) in [6.07, 6.45) is 0. The molecule has 0 bridgehead atoms. The Labute approximate surface area is 105 Å². The van der Waals surface area contributed by atoms with Gasteiger partial charge in [0.25, 0.3) is 0 Å². The number of halogens is 1. The Bertz CT molecular complexity index is 502. The molecule has 0 saturated heterocycles. The fourth-order valence-electron chi connectivity index (χ4n) is 1.49. The molecule has 2 rings (SSSR count). The zero-order valence-electron chi connectivity index (χ0n) is 9.80. The summed E-state index contributed by atoms with van der Waals surface area (Å²) >= 11 is 0. The zero-order valence-corrected chi connectivity index (χ0v) is 9.80. The molecule has 0 aliphatic carbocycles. The van der Waals surface area contributed by atoms with Crippen LogP contribution in [0.4, 0.5) is 10.1 Å². The van der Waals surface area contributed by atoms with Crippen molar-refractivity contribution in [3.8, 4) is 5.75 Å². The topological polar surface area (TPSA) is 44.5 Å². The van der Waals surface area contributed by atoms with Crippen LogP contribution in [0.2, 0.25) is 0 Å². The summed E-state index contributed by atoms with van der Waals surface area (Å²) in [5.41, 5.74) is 6.92. The van der Waals surface area contributed by atoms with Crippen LogP contribution in [0.25, 0.3) is 0 Å². The van der Waals surface area contributed by atoms with Gasteiger partial charge in [-0.15, -0.1) is 0 Å². The first-order chi connectivity index (χ1) is 8.75. The summed E-state index contributed by atoms with van der Waals surface area (Å²) < 4.78 is 23.4. The van der Waals surface area contributed by atoms with Crippen molar-refractivity contribution >= 4 is 5.69 Å². The summed E-state index contributed by atoms with van der Waals surface area (Å²) in [5.74, 6) is 0.0366. The quantitative estimate of drug-likeness (QED) is 0.502. The van der Waals surface area contributed by atoms with Gasteiger partial charge in [-0.1, -0.05) is 30.3 Å². The molecule has 0 unspecified atom stereocenters. The lowest BCUT2D eigenvalue weighted by molar-refractivity contribution is 0.00543. The van der Waals surface area contributed by atoms with Gasteiger partial charge in [-0.2, -0.15) is 0 Å². The first kappa shape index (κ1) is 12.4. The number of rotatable bonds is 5. The predicted molar refractivity (Wildman–Crippen MR) is 67.5 cm³/mol. The van der Waals surface area contributed by atoms with Crippen molar-refractivity contribution in [3.05, 3.63) is 59.9 Å². The maximum absolute atomic E-state index is 12.8. The molecule has 0 saturated carbocycles. The average molecular weight is 247 g/mol. The molecule has 0 radical (unpaired) electrons. The first-order valence-corrected chi connectivity index (χ1v) is 5.55. The molecule has 2 aromatic rings. The number of hydrogen-bond acceptors (Lipinski definition) is 3. The number of anilines is 1. The molecule has 0 spiro atoms. The van der Waals surface area contributed by atoms with Gasteiger partial charge in [0, 0.05) is 6.07 Å².